The average Bonchev–Trinajstić information content (AvgIpc) is 3.44. The van der Waals surface area contributed by atoms with Gasteiger partial charge in [0.15, 0.2) is 0 Å². The molecule has 0 spiro atoms. The van der Waals surface area contributed by atoms with E-state index >= 15 is 0 Å². The van der Waals surface area contributed by atoms with Crippen molar-refractivity contribution in [2.24, 2.45) is 0 Å². The van der Waals surface area contributed by atoms with Gasteiger partial charge in [0.1, 0.15) is 17.2 Å². The van der Waals surface area contributed by atoms with Crippen LogP contribution < -0.4 is 10.6 Å². The van der Waals surface area contributed by atoms with Crippen LogP contribution >= 0.6 is 0 Å². The molecule has 0 saturated carbocycles. The first-order chi connectivity index (χ1) is 17.1. The van der Waals surface area contributed by atoms with E-state index in [0.29, 0.717) is 12.4 Å². The molecule has 7 heteroatoms. The zero-order valence-electron chi connectivity index (χ0n) is 20.1. The van der Waals surface area contributed by atoms with Crippen molar-refractivity contribution >= 4 is 17.5 Å². The predicted molar refractivity (Wildman–Crippen MR) is 139 cm³/mol. The van der Waals surface area contributed by atoms with Crippen molar-refractivity contribution in [1.29, 1.82) is 0 Å². The molecule has 2 N–H and O–H groups in total. The van der Waals surface area contributed by atoms with Crippen molar-refractivity contribution in [3.63, 3.8) is 0 Å². The van der Waals surface area contributed by atoms with Gasteiger partial charge >= 0.3 is 6.03 Å². The van der Waals surface area contributed by atoms with Crippen LogP contribution in [0.4, 0.5) is 10.6 Å². The van der Waals surface area contributed by atoms with Crippen LogP contribution in [0.3, 0.4) is 0 Å². The van der Waals surface area contributed by atoms with Gasteiger partial charge in [0.2, 0.25) is 0 Å². The number of benzene rings is 2. The highest BCUT2D eigenvalue weighted by molar-refractivity contribution is 5.93. The van der Waals surface area contributed by atoms with E-state index in [1.165, 1.54) is 5.56 Å². The molecule has 0 aliphatic carbocycles. The van der Waals surface area contributed by atoms with Gasteiger partial charge < -0.3 is 10.1 Å². The van der Waals surface area contributed by atoms with E-state index in [9.17, 15) is 4.79 Å². The maximum atomic E-state index is 13.4. The second kappa shape index (κ2) is 10.3. The summed E-state index contributed by atoms with van der Waals surface area (Å²) in [6.07, 6.45) is 1.95. The largest absolute Gasteiger partial charge is 0.383 e. The minimum Gasteiger partial charge on any atom is -0.383 e. The number of nitrogens with one attached hydrogen (secondary N) is 2. The van der Waals surface area contributed by atoms with E-state index < -0.39 is 0 Å². The topological polar surface area (TPSA) is 70.9 Å². The molecule has 0 unspecified atom stereocenters. The summed E-state index contributed by atoms with van der Waals surface area (Å²) in [5.74, 6) is 0.867. The van der Waals surface area contributed by atoms with Gasteiger partial charge in [0, 0.05) is 44.4 Å². The molecular weight excluding hydrogens is 438 g/mol. The number of pyridine rings is 1. The SMILES string of the molecule is COCCN1C[C@@H](NC(=O)Nc2c(-c3ccccc3)nc3cc(C)ccn23)[C@H](c2ccccc2)C1. The highest BCUT2D eigenvalue weighted by Gasteiger charge is 2.34. The van der Waals surface area contributed by atoms with Crippen LogP contribution in [0.2, 0.25) is 0 Å². The lowest BCUT2D eigenvalue weighted by Crippen LogP contribution is -2.42. The summed E-state index contributed by atoms with van der Waals surface area (Å²) in [4.78, 5) is 20.5. The Morgan fingerprint density at radius 1 is 1.06 bits per heavy atom. The van der Waals surface area contributed by atoms with Crippen LogP contribution in [0.15, 0.2) is 79.0 Å². The summed E-state index contributed by atoms with van der Waals surface area (Å²) in [6.45, 7) is 5.19. The Kier molecular flexibility index (Phi) is 6.79. The zero-order chi connectivity index (χ0) is 24.2. The number of ether oxygens (including phenoxy) is 1. The maximum absolute atomic E-state index is 13.4. The second-order valence-electron chi connectivity index (χ2n) is 9.08. The van der Waals surface area contributed by atoms with E-state index in [1.54, 1.807) is 7.11 Å². The summed E-state index contributed by atoms with van der Waals surface area (Å²) >= 11 is 0. The summed E-state index contributed by atoms with van der Waals surface area (Å²) < 4.78 is 7.22. The number of imidazole rings is 1. The van der Waals surface area contributed by atoms with Gasteiger partial charge in [-0.3, -0.25) is 14.6 Å². The molecule has 1 fully saturated rings. The molecule has 2 aromatic heterocycles. The molecule has 1 aliphatic heterocycles. The molecule has 7 nitrogen and oxygen atoms in total. The number of carbonyl (C=O) groups is 1. The van der Waals surface area contributed by atoms with Crippen LogP contribution in [0.5, 0.6) is 0 Å². The van der Waals surface area contributed by atoms with Gasteiger partial charge in [-0.15, -0.1) is 0 Å². The summed E-state index contributed by atoms with van der Waals surface area (Å²) in [7, 11) is 1.72. The van der Waals surface area contributed by atoms with Crippen LogP contribution in [0.1, 0.15) is 17.0 Å². The molecule has 4 aromatic rings. The van der Waals surface area contributed by atoms with Gasteiger partial charge in [-0.05, 0) is 30.2 Å². The van der Waals surface area contributed by atoms with Gasteiger partial charge in [-0.1, -0.05) is 60.7 Å². The first-order valence-electron chi connectivity index (χ1n) is 12.0. The lowest BCUT2D eigenvalue weighted by molar-refractivity contribution is 0.159. The van der Waals surface area contributed by atoms with E-state index in [4.69, 9.17) is 9.72 Å². The van der Waals surface area contributed by atoms with Crippen LogP contribution in [-0.2, 0) is 4.74 Å². The number of amides is 2. The third-order valence-corrected chi connectivity index (χ3v) is 6.61. The minimum atomic E-state index is -0.232. The first kappa shape index (κ1) is 23.1. The monoisotopic (exact) mass is 469 g/mol. The van der Waals surface area contributed by atoms with Crippen molar-refractivity contribution in [2.45, 2.75) is 18.9 Å². The number of anilines is 1. The number of aromatic nitrogens is 2. The minimum absolute atomic E-state index is 0.0177. The lowest BCUT2D eigenvalue weighted by Gasteiger charge is -2.21. The fraction of sp³-hybridized carbons (Fsp3) is 0.286. The third kappa shape index (κ3) is 5.06. The number of rotatable bonds is 7. The van der Waals surface area contributed by atoms with Crippen LogP contribution in [-0.4, -0.2) is 59.7 Å². The molecule has 2 atom stereocenters. The molecule has 1 saturated heterocycles. The number of nitrogens with zero attached hydrogens (tertiary/aromatic N) is 3. The smallest absolute Gasteiger partial charge is 0.320 e. The molecule has 0 radical (unpaired) electrons. The molecule has 5 rings (SSSR count). The maximum Gasteiger partial charge on any atom is 0.320 e. The van der Waals surface area contributed by atoms with Gasteiger partial charge in [0.05, 0.1) is 12.6 Å². The Balaban J connectivity index is 1.40. The highest BCUT2D eigenvalue weighted by atomic mass is 16.5. The number of carbonyl (C=O) groups excluding carboxylic acids is 1. The highest BCUT2D eigenvalue weighted by Crippen LogP contribution is 2.30. The molecular formula is C28H31N5O2. The summed E-state index contributed by atoms with van der Waals surface area (Å²) in [5.41, 5.74) is 4.85. The molecule has 180 valence electrons. The standard InChI is InChI=1S/C28H31N5O2/c1-20-13-14-33-25(17-20)30-26(22-11-7-4-8-12-22)27(33)31-28(34)29-24-19-32(15-16-35-2)18-23(24)21-9-5-3-6-10-21/h3-14,17,23-24H,15-16,18-19H2,1-2H3,(H2,29,31,34)/t23-,24+/m0/s1. The zero-order valence-corrected chi connectivity index (χ0v) is 20.1. The quantitative estimate of drug-likeness (QED) is 0.417. The fourth-order valence-electron chi connectivity index (χ4n) is 4.85. The number of methoxy groups -OCH3 is 1. The summed E-state index contributed by atoms with van der Waals surface area (Å²) in [6, 6.07) is 24.1. The van der Waals surface area contributed by atoms with Crippen molar-refractivity contribution in [3.8, 4) is 11.3 Å². The number of hydrogen-bond acceptors (Lipinski definition) is 4. The Bertz CT molecular complexity index is 1290. The number of hydrogen-bond donors (Lipinski definition) is 2. The molecule has 2 aromatic carbocycles. The molecule has 3 heterocycles. The van der Waals surface area contributed by atoms with Crippen molar-refractivity contribution in [1.82, 2.24) is 19.6 Å². The van der Waals surface area contributed by atoms with E-state index in [-0.39, 0.29) is 18.0 Å². The first-order valence-corrected chi connectivity index (χ1v) is 12.0. The predicted octanol–water partition coefficient (Wildman–Crippen LogP) is 4.55. The van der Waals surface area contributed by atoms with Gasteiger partial charge in [-0.2, -0.15) is 0 Å². The third-order valence-electron chi connectivity index (χ3n) is 6.61. The Morgan fingerprint density at radius 3 is 2.54 bits per heavy atom. The number of fused-ring (bicyclic) bond motifs is 1. The second-order valence-corrected chi connectivity index (χ2v) is 9.08. The normalized spacial score (nSPS) is 18.1. The fourth-order valence-corrected chi connectivity index (χ4v) is 4.85. The van der Waals surface area contributed by atoms with Crippen LogP contribution in [0, 0.1) is 6.92 Å². The Labute approximate surface area is 205 Å². The van der Waals surface area contributed by atoms with Gasteiger partial charge in [0.25, 0.3) is 0 Å². The Hall–Kier alpha value is -3.68. The average molecular weight is 470 g/mol. The van der Waals surface area contributed by atoms with E-state index in [1.807, 2.05) is 66.1 Å². The number of aryl methyl sites for hydroxylation is 1. The van der Waals surface area contributed by atoms with E-state index in [0.717, 1.165) is 42.1 Å². The Morgan fingerprint density at radius 2 is 1.80 bits per heavy atom. The molecule has 2 amide bonds. The molecule has 35 heavy (non-hydrogen) atoms. The van der Waals surface area contributed by atoms with Crippen LogP contribution in [0.25, 0.3) is 16.9 Å². The number of urea groups is 1. The molecule has 0 bridgehead atoms. The molecule has 1 aliphatic rings. The number of likely N-dealkylation sites (tertiary alicyclic amines) is 1. The van der Waals surface area contributed by atoms with E-state index in [2.05, 4.69) is 39.8 Å². The van der Waals surface area contributed by atoms with Crippen molar-refractivity contribution < 1.29 is 9.53 Å². The van der Waals surface area contributed by atoms with Gasteiger partial charge in [-0.25, -0.2) is 9.78 Å². The van der Waals surface area contributed by atoms with Crippen molar-refractivity contribution in [3.05, 3.63) is 90.1 Å². The summed E-state index contributed by atoms with van der Waals surface area (Å²) in [5, 5.41) is 6.37. The van der Waals surface area contributed by atoms with Crippen molar-refractivity contribution in [2.75, 3.05) is 38.7 Å². The lowest BCUT2D eigenvalue weighted by atomic mass is 9.94.